The molecule has 0 aliphatic rings. The van der Waals surface area contributed by atoms with E-state index in [1.165, 1.54) is 36.4 Å². The van der Waals surface area contributed by atoms with Crippen LogP contribution in [-0.2, 0) is 6.18 Å². The van der Waals surface area contributed by atoms with E-state index in [1.807, 2.05) is 0 Å². The van der Waals surface area contributed by atoms with Gasteiger partial charge in [0.25, 0.3) is 5.69 Å². The molecule has 9 heteroatoms. The average molecular weight is 355 g/mol. The van der Waals surface area contributed by atoms with Gasteiger partial charge in [0, 0.05) is 17.8 Å². The Morgan fingerprint density at radius 3 is 2.33 bits per heavy atom. The number of benzene rings is 2. The molecule has 0 aromatic heterocycles. The summed E-state index contributed by atoms with van der Waals surface area (Å²) in [7, 11) is 0. The minimum Gasteiger partial charge on any atom is -0.332 e. The average Bonchev–Trinajstić information content (AvgIpc) is 2.48. The van der Waals surface area contributed by atoms with Crippen molar-refractivity contribution in [1.29, 1.82) is 0 Å². The van der Waals surface area contributed by atoms with Crippen LogP contribution in [-0.4, -0.2) is 10.0 Å². The zero-order valence-corrected chi connectivity index (χ0v) is 13.2. The van der Waals surface area contributed by atoms with Gasteiger partial charge in [0.05, 0.1) is 16.2 Å². The molecule has 0 saturated carbocycles. The molecule has 126 valence electrons. The molecule has 2 rings (SSSR count). The molecule has 0 amide bonds. The Hall–Kier alpha value is -2.68. The van der Waals surface area contributed by atoms with E-state index >= 15 is 0 Å². The van der Waals surface area contributed by atoms with Crippen molar-refractivity contribution in [2.24, 2.45) is 0 Å². The van der Waals surface area contributed by atoms with E-state index in [4.69, 9.17) is 12.2 Å². The first-order chi connectivity index (χ1) is 11.2. The summed E-state index contributed by atoms with van der Waals surface area (Å²) < 4.78 is 38.8. The predicted molar refractivity (Wildman–Crippen MR) is 89.1 cm³/mol. The van der Waals surface area contributed by atoms with E-state index in [2.05, 4.69) is 10.6 Å². The SMILES string of the molecule is Cc1cc([N+](=O)[O-])ccc1NC(=S)Nc1ccccc1C(F)(F)F. The lowest BCUT2D eigenvalue weighted by Gasteiger charge is -2.16. The molecule has 0 unspecified atom stereocenters. The molecule has 2 aromatic carbocycles. The van der Waals surface area contributed by atoms with E-state index in [9.17, 15) is 23.3 Å². The molecule has 2 N–H and O–H groups in total. The number of nitro groups is 1. The van der Waals surface area contributed by atoms with E-state index in [0.717, 1.165) is 6.07 Å². The first kappa shape index (κ1) is 17.7. The summed E-state index contributed by atoms with van der Waals surface area (Å²) in [4.78, 5) is 10.2. The van der Waals surface area contributed by atoms with Crippen LogP contribution in [0.5, 0.6) is 0 Å². The van der Waals surface area contributed by atoms with Gasteiger partial charge in [-0.15, -0.1) is 0 Å². The first-order valence-electron chi connectivity index (χ1n) is 6.68. The van der Waals surface area contributed by atoms with Crippen molar-refractivity contribution in [3.8, 4) is 0 Å². The number of non-ortho nitro benzene ring substituents is 1. The smallest absolute Gasteiger partial charge is 0.332 e. The first-order valence-corrected chi connectivity index (χ1v) is 7.08. The number of rotatable bonds is 3. The molecular weight excluding hydrogens is 343 g/mol. The van der Waals surface area contributed by atoms with Crippen LogP contribution in [0.1, 0.15) is 11.1 Å². The number of hydrogen-bond acceptors (Lipinski definition) is 3. The Morgan fingerprint density at radius 1 is 1.12 bits per heavy atom. The second-order valence-electron chi connectivity index (χ2n) is 4.88. The minimum atomic E-state index is -4.51. The fraction of sp³-hybridized carbons (Fsp3) is 0.133. The maximum Gasteiger partial charge on any atom is 0.418 e. The summed E-state index contributed by atoms with van der Waals surface area (Å²) in [6.45, 7) is 1.63. The highest BCUT2D eigenvalue weighted by Crippen LogP contribution is 2.34. The number of nitro benzene ring substituents is 1. The summed E-state index contributed by atoms with van der Waals surface area (Å²) >= 11 is 5.02. The van der Waals surface area contributed by atoms with Gasteiger partial charge in [0.2, 0.25) is 0 Å². The van der Waals surface area contributed by atoms with Crippen LogP contribution in [0.3, 0.4) is 0 Å². The standard InChI is InChI=1S/C15H12F3N3O2S/c1-9-8-10(21(22)23)6-7-12(9)19-14(24)20-13-5-3-2-4-11(13)15(16,17)18/h2-8H,1H3,(H2,19,20,24). The zero-order valence-electron chi connectivity index (χ0n) is 12.3. The van der Waals surface area contributed by atoms with Crippen molar-refractivity contribution in [1.82, 2.24) is 0 Å². The number of aryl methyl sites for hydroxylation is 1. The Morgan fingerprint density at radius 2 is 1.75 bits per heavy atom. The molecule has 24 heavy (non-hydrogen) atoms. The highest BCUT2D eigenvalue weighted by atomic mass is 32.1. The summed E-state index contributed by atoms with van der Waals surface area (Å²) in [6.07, 6.45) is -4.51. The lowest BCUT2D eigenvalue weighted by atomic mass is 10.1. The van der Waals surface area contributed by atoms with Crippen LogP contribution in [0.2, 0.25) is 0 Å². The number of hydrogen-bond donors (Lipinski definition) is 2. The van der Waals surface area contributed by atoms with Crippen molar-refractivity contribution >= 4 is 34.4 Å². The van der Waals surface area contributed by atoms with Gasteiger partial charge >= 0.3 is 6.18 Å². The maximum atomic E-state index is 12.9. The van der Waals surface area contributed by atoms with Crippen LogP contribution in [0, 0.1) is 17.0 Å². The van der Waals surface area contributed by atoms with Gasteiger partial charge in [-0.1, -0.05) is 12.1 Å². The van der Waals surface area contributed by atoms with Crippen LogP contribution in [0.15, 0.2) is 42.5 Å². The molecular formula is C15H12F3N3O2S. The third-order valence-corrected chi connectivity index (χ3v) is 3.35. The van der Waals surface area contributed by atoms with Crippen LogP contribution in [0.4, 0.5) is 30.2 Å². The van der Waals surface area contributed by atoms with Crippen LogP contribution < -0.4 is 10.6 Å². The highest BCUT2D eigenvalue weighted by molar-refractivity contribution is 7.80. The number of anilines is 2. The van der Waals surface area contributed by atoms with E-state index in [1.54, 1.807) is 6.92 Å². The quantitative estimate of drug-likeness (QED) is 0.473. The number of nitrogens with zero attached hydrogens (tertiary/aromatic N) is 1. The monoisotopic (exact) mass is 355 g/mol. The zero-order chi connectivity index (χ0) is 17.9. The topological polar surface area (TPSA) is 67.2 Å². The number of halogens is 3. The van der Waals surface area contributed by atoms with Gasteiger partial charge in [0.15, 0.2) is 5.11 Å². The van der Waals surface area contributed by atoms with Crippen molar-refractivity contribution in [3.63, 3.8) is 0 Å². The molecule has 0 bridgehead atoms. The van der Waals surface area contributed by atoms with Gasteiger partial charge < -0.3 is 10.6 Å². The lowest BCUT2D eigenvalue weighted by Crippen LogP contribution is -2.22. The normalized spacial score (nSPS) is 11.0. The molecule has 0 heterocycles. The Balaban J connectivity index is 2.17. The van der Waals surface area contributed by atoms with E-state index in [-0.39, 0.29) is 16.5 Å². The summed E-state index contributed by atoms with van der Waals surface area (Å²) in [5, 5.41) is 15.9. The van der Waals surface area contributed by atoms with Crippen molar-refractivity contribution in [2.45, 2.75) is 13.1 Å². The van der Waals surface area contributed by atoms with Crippen molar-refractivity contribution < 1.29 is 18.1 Å². The molecule has 0 saturated heterocycles. The molecule has 2 aromatic rings. The maximum absolute atomic E-state index is 12.9. The van der Waals surface area contributed by atoms with E-state index < -0.39 is 16.7 Å². The Kier molecular flexibility index (Phi) is 5.03. The van der Waals surface area contributed by atoms with E-state index in [0.29, 0.717) is 11.3 Å². The number of nitrogens with one attached hydrogen (secondary N) is 2. The Labute approximate surface area is 140 Å². The predicted octanol–water partition coefficient (Wildman–Crippen LogP) is 4.73. The summed E-state index contributed by atoms with van der Waals surface area (Å²) in [5.41, 5.74) is -0.101. The molecule has 0 atom stereocenters. The largest absolute Gasteiger partial charge is 0.418 e. The van der Waals surface area contributed by atoms with Gasteiger partial charge in [-0.2, -0.15) is 13.2 Å². The fourth-order valence-corrected chi connectivity index (χ4v) is 2.24. The van der Waals surface area contributed by atoms with Gasteiger partial charge in [-0.25, -0.2) is 0 Å². The minimum absolute atomic E-state index is 0.0522. The lowest BCUT2D eigenvalue weighted by molar-refractivity contribution is -0.384. The highest BCUT2D eigenvalue weighted by Gasteiger charge is 2.33. The molecule has 0 fully saturated rings. The molecule has 0 spiro atoms. The van der Waals surface area contributed by atoms with Crippen molar-refractivity contribution in [3.05, 3.63) is 63.7 Å². The molecule has 0 aliphatic heterocycles. The molecule has 0 aliphatic carbocycles. The molecule has 5 nitrogen and oxygen atoms in total. The third-order valence-electron chi connectivity index (χ3n) is 3.15. The number of thiocarbonyl (C=S) groups is 1. The number of para-hydroxylation sites is 1. The number of alkyl halides is 3. The fourth-order valence-electron chi connectivity index (χ4n) is 2.02. The van der Waals surface area contributed by atoms with Crippen LogP contribution >= 0.6 is 12.2 Å². The molecule has 0 radical (unpaired) electrons. The van der Waals surface area contributed by atoms with Gasteiger partial charge in [-0.3, -0.25) is 10.1 Å². The van der Waals surface area contributed by atoms with Gasteiger partial charge in [-0.05, 0) is 42.9 Å². The van der Waals surface area contributed by atoms with Crippen LogP contribution in [0.25, 0.3) is 0 Å². The van der Waals surface area contributed by atoms with Gasteiger partial charge in [0.1, 0.15) is 0 Å². The summed E-state index contributed by atoms with van der Waals surface area (Å²) in [5.74, 6) is 0. The summed E-state index contributed by atoms with van der Waals surface area (Å²) in [6, 6.07) is 9.01. The van der Waals surface area contributed by atoms with Crippen molar-refractivity contribution in [2.75, 3.05) is 10.6 Å². The third kappa shape index (κ3) is 4.19. The second-order valence-corrected chi connectivity index (χ2v) is 5.29. The Bertz CT molecular complexity index is 794. The second kappa shape index (κ2) is 6.83.